The second-order valence-corrected chi connectivity index (χ2v) is 18.2. The van der Waals surface area contributed by atoms with Crippen LogP contribution in [0, 0.1) is 25.5 Å². The van der Waals surface area contributed by atoms with E-state index in [1.54, 1.807) is 64.1 Å². The zero-order valence-corrected chi connectivity index (χ0v) is 36.1. The van der Waals surface area contributed by atoms with E-state index >= 15 is 13.6 Å². The van der Waals surface area contributed by atoms with Crippen LogP contribution in [-0.2, 0) is 23.6 Å². The number of fused-ring (bicyclic) bond motifs is 3. The summed E-state index contributed by atoms with van der Waals surface area (Å²) in [4.78, 5) is 46.8. The summed E-state index contributed by atoms with van der Waals surface area (Å²) in [5.74, 6) is -1.12. The van der Waals surface area contributed by atoms with Crippen LogP contribution in [-0.4, -0.2) is 78.0 Å². The summed E-state index contributed by atoms with van der Waals surface area (Å²) in [7, 11) is 1.71. The lowest BCUT2D eigenvalue weighted by atomic mass is 9.84. The maximum Gasteiger partial charge on any atom is 0.438 e. The Labute approximate surface area is 363 Å². The van der Waals surface area contributed by atoms with Gasteiger partial charge in [-0.25, -0.2) is 27.6 Å². The summed E-state index contributed by atoms with van der Waals surface area (Å²) in [5.41, 5.74) is 4.11. The van der Waals surface area contributed by atoms with Gasteiger partial charge in [0.1, 0.15) is 11.6 Å². The topological polar surface area (TPSA) is 168 Å². The van der Waals surface area contributed by atoms with Crippen molar-refractivity contribution in [3.8, 4) is 17.2 Å². The molecule has 1 N–H and O–H groups in total. The van der Waals surface area contributed by atoms with E-state index in [2.05, 4.69) is 35.2 Å². The van der Waals surface area contributed by atoms with Gasteiger partial charge in [0.05, 0.1) is 56.7 Å². The molecule has 0 unspecified atom stereocenters. The van der Waals surface area contributed by atoms with Gasteiger partial charge in [0.15, 0.2) is 17.3 Å². The van der Waals surface area contributed by atoms with Crippen molar-refractivity contribution in [1.29, 1.82) is 0 Å². The molecule has 3 aliphatic rings. The number of halogens is 2. The van der Waals surface area contributed by atoms with Crippen LogP contribution < -0.4 is 11.4 Å². The van der Waals surface area contributed by atoms with Crippen molar-refractivity contribution in [3.05, 3.63) is 139 Å². The second kappa shape index (κ2) is 14.0. The average molecular weight is 870 g/mol. The van der Waals surface area contributed by atoms with Crippen LogP contribution in [0.2, 0.25) is 0 Å². The van der Waals surface area contributed by atoms with Gasteiger partial charge in [-0.1, -0.05) is 11.2 Å². The predicted octanol–water partition coefficient (Wildman–Crippen LogP) is 6.43. The number of ether oxygens (including phenoxy) is 1. The number of aromatic amines is 1. The molecule has 0 bridgehead atoms. The van der Waals surface area contributed by atoms with Crippen molar-refractivity contribution in [1.82, 2.24) is 53.3 Å². The van der Waals surface area contributed by atoms with Crippen molar-refractivity contribution >= 4 is 22.3 Å². The van der Waals surface area contributed by atoms with E-state index in [0.717, 1.165) is 18.4 Å². The average Bonchev–Trinajstić information content (AvgIpc) is 3.72. The lowest BCUT2D eigenvalue weighted by Crippen LogP contribution is -2.40. The molecule has 2 aromatic carbocycles. The van der Waals surface area contributed by atoms with E-state index in [0.29, 0.717) is 82.2 Å². The minimum Gasteiger partial charge on any atom is -0.376 e. The van der Waals surface area contributed by atoms with Gasteiger partial charge < -0.3 is 9.64 Å². The van der Waals surface area contributed by atoms with Crippen molar-refractivity contribution in [2.45, 2.75) is 89.7 Å². The molecular weight excluding hydrogens is 825 g/mol. The third kappa shape index (κ3) is 5.98. The molecule has 16 nitrogen and oxygen atoms in total. The number of rotatable bonds is 7. The van der Waals surface area contributed by atoms with Gasteiger partial charge in [0.25, 0.3) is 5.91 Å². The van der Waals surface area contributed by atoms with Crippen LogP contribution in [0.25, 0.3) is 33.6 Å². The number of carbonyl (C=O) groups is 1. The second-order valence-electron chi connectivity index (χ2n) is 18.2. The molecule has 1 amide bonds. The van der Waals surface area contributed by atoms with Crippen LogP contribution in [0.4, 0.5) is 8.78 Å². The van der Waals surface area contributed by atoms with E-state index < -0.39 is 28.7 Å². The largest absolute Gasteiger partial charge is 0.438 e. The summed E-state index contributed by atoms with van der Waals surface area (Å²) >= 11 is 0. The van der Waals surface area contributed by atoms with E-state index in [1.807, 2.05) is 19.2 Å². The first-order chi connectivity index (χ1) is 30.6. The number of aryl methyl sites for hydroxylation is 3. The number of pyridine rings is 1. The number of aromatic nitrogens is 10. The van der Waals surface area contributed by atoms with E-state index in [4.69, 9.17) is 19.5 Å². The van der Waals surface area contributed by atoms with Gasteiger partial charge >= 0.3 is 11.4 Å². The lowest BCUT2D eigenvalue weighted by Gasteiger charge is -2.35. The van der Waals surface area contributed by atoms with Gasteiger partial charge in [-0.3, -0.25) is 28.1 Å². The molecule has 0 spiro atoms. The van der Waals surface area contributed by atoms with Crippen LogP contribution in [0.1, 0.15) is 108 Å². The van der Waals surface area contributed by atoms with Crippen LogP contribution >= 0.6 is 0 Å². The first kappa shape index (κ1) is 39.9. The third-order valence-corrected chi connectivity index (χ3v) is 13.6. The highest BCUT2D eigenvalue weighted by Crippen LogP contribution is 2.55. The summed E-state index contributed by atoms with van der Waals surface area (Å²) in [5, 5.41) is 18.6. The van der Waals surface area contributed by atoms with Gasteiger partial charge in [0, 0.05) is 56.3 Å². The zero-order chi connectivity index (χ0) is 44.6. The van der Waals surface area contributed by atoms with Crippen LogP contribution in [0.3, 0.4) is 0 Å². The molecule has 1 saturated heterocycles. The zero-order valence-electron chi connectivity index (χ0n) is 36.1. The molecule has 11 rings (SSSR count). The molecule has 0 radical (unpaired) electrons. The van der Waals surface area contributed by atoms with E-state index in [1.165, 1.54) is 27.6 Å². The standard InChI is InChI=1S/C46H45F2N11O5/c1-24-19-29(20-25(2)37(24)47)59-40(57-17-16-56(44(57)62)34-10-9-32-30(38(34)48)22-49-54(32)6)35-26(3)55(15-11-31(35)51-59)41(60)39-36(46(13-14-46)42-50-43(61)64-53-42)33-8-7-28(23-58(33)52-39)27-12-18-63-45(4,5)21-27/h7-10,16-17,19-20,22-23,26-27H,11-15,18,21H2,1-6H3,(H,50,53,61)/t26-,27+/m0/s1. The highest BCUT2D eigenvalue weighted by Gasteiger charge is 2.54. The number of hydrogen-bond donors (Lipinski definition) is 1. The Bertz CT molecular complexity index is 3330. The molecule has 2 fully saturated rings. The number of hydrogen-bond acceptors (Lipinski definition) is 9. The fraction of sp³-hybridized carbons (Fsp3) is 0.370. The quantitative estimate of drug-likeness (QED) is 0.190. The minimum atomic E-state index is -0.816. The summed E-state index contributed by atoms with van der Waals surface area (Å²) in [6.45, 7) is 10.3. The summed E-state index contributed by atoms with van der Waals surface area (Å²) < 4.78 is 49.8. The smallest absolute Gasteiger partial charge is 0.376 e. The highest BCUT2D eigenvalue weighted by atomic mass is 19.1. The Morgan fingerprint density at radius 3 is 2.44 bits per heavy atom. The number of imidazole rings is 1. The fourth-order valence-electron chi connectivity index (χ4n) is 10.2. The Kier molecular flexibility index (Phi) is 8.74. The normalized spacial score (nSPS) is 19.2. The van der Waals surface area contributed by atoms with Crippen molar-refractivity contribution < 1.29 is 22.8 Å². The van der Waals surface area contributed by atoms with Gasteiger partial charge in [-0.15, -0.1) is 0 Å². The Hall–Kier alpha value is -6.95. The molecule has 8 aromatic rings. The highest BCUT2D eigenvalue weighted by molar-refractivity contribution is 5.97. The molecule has 1 saturated carbocycles. The van der Waals surface area contributed by atoms with Crippen molar-refractivity contribution in [2.24, 2.45) is 7.05 Å². The summed E-state index contributed by atoms with van der Waals surface area (Å²) in [6.07, 6.45) is 9.65. The molecule has 6 aromatic heterocycles. The number of nitrogens with zero attached hydrogens (tertiary/aromatic N) is 10. The Morgan fingerprint density at radius 1 is 0.969 bits per heavy atom. The molecule has 8 heterocycles. The summed E-state index contributed by atoms with van der Waals surface area (Å²) in [6, 6.07) is 9.99. The van der Waals surface area contributed by atoms with Crippen LogP contribution in [0.15, 0.2) is 75.3 Å². The first-order valence-corrected chi connectivity index (χ1v) is 21.5. The van der Waals surface area contributed by atoms with E-state index in [9.17, 15) is 9.59 Å². The van der Waals surface area contributed by atoms with Gasteiger partial charge in [-0.05, 0) is 113 Å². The molecule has 18 heteroatoms. The van der Waals surface area contributed by atoms with Crippen molar-refractivity contribution in [2.75, 3.05) is 13.2 Å². The van der Waals surface area contributed by atoms with E-state index in [-0.39, 0.29) is 46.6 Å². The maximum absolute atomic E-state index is 16.1. The third-order valence-electron chi connectivity index (χ3n) is 13.6. The molecular formula is C46H45F2N11O5. The number of amides is 1. The molecule has 1 aliphatic carbocycles. The van der Waals surface area contributed by atoms with Crippen molar-refractivity contribution in [3.63, 3.8) is 0 Å². The minimum absolute atomic E-state index is 0.0352. The SMILES string of the molecule is Cc1cc(-n2nc3c(c2-n2ccn(-c4ccc5c(cnn5C)c4F)c2=O)[C@H](C)N(C(=O)c2nn4cc([C@@H]5CCOC(C)(C)C5)ccc4c2C2(c4noc(=O)[nH]4)CC2)CC3)cc(C)c1F. The lowest BCUT2D eigenvalue weighted by molar-refractivity contribution is -0.0593. The number of carbonyl (C=O) groups excluding carboxylic acids is 1. The van der Waals surface area contributed by atoms with Gasteiger partial charge in [-0.2, -0.15) is 15.3 Å². The maximum atomic E-state index is 16.1. The molecule has 64 heavy (non-hydrogen) atoms. The molecule has 2 atom stereocenters. The van der Waals surface area contributed by atoms with Gasteiger partial charge in [0.2, 0.25) is 0 Å². The number of benzene rings is 2. The number of H-pyrrole nitrogens is 1. The van der Waals surface area contributed by atoms with Crippen LogP contribution in [0.5, 0.6) is 0 Å². The molecule has 328 valence electrons. The Balaban J connectivity index is 1.05. The number of nitrogens with one attached hydrogen (secondary N) is 1. The first-order valence-electron chi connectivity index (χ1n) is 21.5. The predicted molar refractivity (Wildman–Crippen MR) is 230 cm³/mol. The molecule has 2 aliphatic heterocycles. The fourth-order valence-corrected chi connectivity index (χ4v) is 10.2. The Morgan fingerprint density at radius 2 is 1.72 bits per heavy atom. The monoisotopic (exact) mass is 869 g/mol.